The van der Waals surface area contributed by atoms with Crippen LogP contribution in [-0.2, 0) is 23.8 Å². The monoisotopic (exact) mass is 374 g/mol. The quantitative estimate of drug-likeness (QED) is 0.327. The van der Waals surface area contributed by atoms with Crippen molar-refractivity contribution in [2.45, 2.75) is 52.2 Å². The van der Waals surface area contributed by atoms with Crippen LogP contribution < -0.4 is 0 Å². The van der Waals surface area contributed by atoms with E-state index in [-0.39, 0.29) is 35.4 Å². The first-order valence-electron chi connectivity index (χ1n) is 9.66. The van der Waals surface area contributed by atoms with Crippen LogP contribution in [0.15, 0.2) is 12.7 Å². The Kier molecular flexibility index (Phi) is 5.26. The fourth-order valence-electron chi connectivity index (χ4n) is 5.17. The van der Waals surface area contributed by atoms with E-state index in [4.69, 9.17) is 14.2 Å². The molecular weight excluding hydrogens is 344 g/mol. The third-order valence-corrected chi connectivity index (χ3v) is 6.49. The molecule has 0 N–H and O–H groups in total. The molecule has 3 rings (SSSR count). The molecule has 0 amide bonds. The Morgan fingerprint density at radius 3 is 2.56 bits per heavy atom. The third kappa shape index (κ3) is 3.13. The number of carbonyl (C=O) groups is 2. The van der Waals surface area contributed by atoms with Crippen molar-refractivity contribution >= 4 is 11.8 Å². The Hall–Kier alpha value is -1.64. The lowest BCUT2D eigenvalue weighted by Gasteiger charge is -2.43. The van der Waals surface area contributed by atoms with Crippen molar-refractivity contribution in [1.82, 2.24) is 0 Å². The molecule has 3 aliphatic rings. The highest BCUT2D eigenvalue weighted by Crippen LogP contribution is 2.62. The summed E-state index contributed by atoms with van der Waals surface area (Å²) in [7, 11) is 1.34. The Morgan fingerprint density at radius 2 is 2.00 bits per heavy atom. The summed E-state index contributed by atoms with van der Waals surface area (Å²) in [5.74, 6) is 4.19. The second-order valence-corrected chi connectivity index (χ2v) is 8.89. The van der Waals surface area contributed by atoms with Gasteiger partial charge >= 0.3 is 5.97 Å². The Labute approximate surface area is 161 Å². The summed E-state index contributed by atoms with van der Waals surface area (Å²) >= 11 is 0. The minimum atomic E-state index is -1.20. The molecule has 0 aromatic rings. The number of methoxy groups -OCH3 is 1. The lowest BCUT2D eigenvalue weighted by atomic mass is 9.72. The topological polar surface area (TPSA) is 61.8 Å². The van der Waals surface area contributed by atoms with Crippen LogP contribution in [0.25, 0.3) is 0 Å². The molecule has 3 fully saturated rings. The van der Waals surface area contributed by atoms with Crippen molar-refractivity contribution in [3.05, 3.63) is 12.7 Å². The van der Waals surface area contributed by atoms with Gasteiger partial charge in [0.05, 0.1) is 20.3 Å². The lowest BCUT2D eigenvalue weighted by molar-refractivity contribution is -0.298. The lowest BCUT2D eigenvalue weighted by Crippen LogP contribution is -2.49. The maximum absolute atomic E-state index is 13.4. The van der Waals surface area contributed by atoms with Crippen LogP contribution >= 0.6 is 0 Å². The zero-order valence-corrected chi connectivity index (χ0v) is 16.8. The third-order valence-electron chi connectivity index (χ3n) is 6.49. The van der Waals surface area contributed by atoms with Crippen molar-refractivity contribution in [2.24, 2.45) is 28.6 Å². The van der Waals surface area contributed by atoms with Gasteiger partial charge in [-0.25, -0.2) is 0 Å². The van der Waals surface area contributed by atoms with Gasteiger partial charge in [-0.05, 0) is 25.2 Å². The Balaban J connectivity index is 1.98. The first kappa shape index (κ1) is 20.1. The van der Waals surface area contributed by atoms with Crippen molar-refractivity contribution in [3.63, 3.8) is 0 Å². The van der Waals surface area contributed by atoms with Crippen LogP contribution in [0.5, 0.6) is 0 Å². The van der Waals surface area contributed by atoms with E-state index in [9.17, 15) is 9.59 Å². The number of hydrogen-bond acceptors (Lipinski definition) is 5. The zero-order chi connectivity index (χ0) is 19.9. The summed E-state index contributed by atoms with van der Waals surface area (Å²) in [5, 5.41) is 0. The van der Waals surface area contributed by atoms with E-state index < -0.39 is 17.2 Å². The highest BCUT2D eigenvalue weighted by molar-refractivity contribution is 6.07. The van der Waals surface area contributed by atoms with Gasteiger partial charge in [-0.15, -0.1) is 18.4 Å². The molecule has 27 heavy (non-hydrogen) atoms. The van der Waals surface area contributed by atoms with Gasteiger partial charge in [0.1, 0.15) is 5.41 Å². The molecule has 1 heterocycles. The van der Waals surface area contributed by atoms with Crippen LogP contribution in [0.2, 0.25) is 0 Å². The molecule has 1 spiro atoms. The predicted octanol–water partition coefficient (Wildman–Crippen LogP) is 3.13. The van der Waals surface area contributed by atoms with Gasteiger partial charge < -0.3 is 14.2 Å². The molecule has 5 heteroatoms. The number of allylic oxidation sites excluding steroid dienone is 1. The second-order valence-electron chi connectivity index (χ2n) is 8.89. The van der Waals surface area contributed by atoms with Crippen molar-refractivity contribution in [2.75, 3.05) is 20.3 Å². The molecule has 0 bridgehead atoms. The van der Waals surface area contributed by atoms with Crippen molar-refractivity contribution in [3.8, 4) is 11.8 Å². The van der Waals surface area contributed by atoms with Crippen LogP contribution in [0.3, 0.4) is 0 Å². The number of Topliss-reactive ketones (excluding diaryl/α,β-unsaturated/α-hetero) is 1. The molecule has 0 radical (unpaired) electrons. The SMILES string of the molecule is C=CC[C@@]1(C(=O)OC)C(=O)[C@@H](CC#CC)[C@@H]2CC3(C[C@@H]21)OCC(C)(C)CO3. The van der Waals surface area contributed by atoms with Crippen molar-refractivity contribution < 1.29 is 23.8 Å². The smallest absolute Gasteiger partial charge is 0.319 e. The molecule has 1 aliphatic heterocycles. The first-order valence-corrected chi connectivity index (χ1v) is 9.66. The summed E-state index contributed by atoms with van der Waals surface area (Å²) < 4.78 is 17.5. The van der Waals surface area contributed by atoms with Crippen molar-refractivity contribution in [1.29, 1.82) is 0 Å². The van der Waals surface area contributed by atoms with E-state index in [0.717, 1.165) is 0 Å². The number of carbonyl (C=O) groups excluding carboxylic acids is 2. The maximum atomic E-state index is 13.4. The summed E-state index contributed by atoms with van der Waals surface area (Å²) in [5.41, 5.74) is -1.24. The number of hydrogen-bond donors (Lipinski definition) is 0. The molecule has 0 unspecified atom stereocenters. The van der Waals surface area contributed by atoms with Crippen LogP contribution in [0, 0.1) is 40.4 Å². The molecule has 0 aromatic carbocycles. The van der Waals surface area contributed by atoms with Crippen LogP contribution in [0.1, 0.15) is 46.5 Å². The number of rotatable bonds is 4. The summed E-state index contributed by atoms with van der Waals surface area (Å²) in [6.45, 7) is 11.0. The number of esters is 1. The fourth-order valence-corrected chi connectivity index (χ4v) is 5.17. The van der Waals surface area contributed by atoms with Gasteiger partial charge in [0.25, 0.3) is 0 Å². The molecule has 5 nitrogen and oxygen atoms in total. The second kappa shape index (κ2) is 7.07. The van der Waals surface area contributed by atoms with Gasteiger partial charge in [-0.1, -0.05) is 19.9 Å². The van der Waals surface area contributed by atoms with Crippen LogP contribution in [0.4, 0.5) is 0 Å². The number of fused-ring (bicyclic) bond motifs is 1. The largest absolute Gasteiger partial charge is 0.468 e. The first-order chi connectivity index (χ1) is 12.7. The number of ketones is 1. The highest BCUT2D eigenvalue weighted by Gasteiger charge is 2.69. The minimum absolute atomic E-state index is 0.00128. The van der Waals surface area contributed by atoms with Gasteiger partial charge in [0.15, 0.2) is 11.6 Å². The zero-order valence-electron chi connectivity index (χ0n) is 16.8. The molecule has 1 saturated heterocycles. The summed E-state index contributed by atoms with van der Waals surface area (Å²) in [4.78, 5) is 26.3. The van der Waals surface area contributed by atoms with E-state index in [1.807, 2.05) is 0 Å². The standard InChI is InChI=1S/C22H30O5/c1-6-8-9-15-16-11-21(26-13-20(3,4)14-27-21)12-17(16)22(10-7-2,18(15)23)19(24)25-5/h7,15-17H,2,9-14H2,1,3-5H3/t15-,16-,17-,22-/m0/s1. The van der Waals surface area contributed by atoms with E-state index in [0.29, 0.717) is 32.5 Å². The Bertz CT molecular complexity index is 687. The minimum Gasteiger partial charge on any atom is -0.468 e. The molecule has 2 aliphatic carbocycles. The fraction of sp³-hybridized carbons (Fsp3) is 0.727. The van der Waals surface area contributed by atoms with Gasteiger partial charge in [-0.2, -0.15) is 0 Å². The highest BCUT2D eigenvalue weighted by atomic mass is 16.7. The predicted molar refractivity (Wildman–Crippen MR) is 100 cm³/mol. The van der Waals surface area contributed by atoms with Crippen LogP contribution in [-0.4, -0.2) is 37.9 Å². The average molecular weight is 374 g/mol. The Morgan fingerprint density at radius 1 is 1.33 bits per heavy atom. The number of ether oxygens (including phenoxy) is 3. The molecule has 0 aromatic heterocycles. The molecule has 2 saturated carbocycles. The van der Waals surface area contributed by atoms with Gasteiger partial charge in [-0.3, -0.25) is 9.59 Å². The van der Waals surface area contributed by atoms with E-state index >= 15 is 0 Å². The molecular formula is C22H30O5. The van der Waals surface area contributed by atoms with Gasteiger partial charge in [0, 0.05) is 30.6 Å². The van der Waals surface area contributed by atoms with E-state index in [2.05, 4.69) is 32.3 Å². The molecule has 4 atom stereocenters. The van der Waals surface area contributed by atoms with E-state index in [1.54, 1.807) is 13.0 Å². The average Bonchev–Trinajstić information content (AvgIpc) is 3.10. The summed E-state index contributed by atoms with van der Waals surface area (Å²) in [6.07, 6.45) is 3.52. The maximum Gasteiger partial charge on any atom is 0.319 e. The molecule has 148 valence electrons. The normalized spacial score (nSPS) is 36.0. The van der Waals surface area contributed by atoms with Gasteiger partial charge in [0.2, 0.25) is 0 Å². The summed E-state index contributed by atoms with van der Waals surface area (Å²) in [6, 6.07) is 0. The van der Waals surface area contributed by atoms with E-state index in [1.165, 1.54) is 7.11 Å².